The molecule has 0 spiro atoms. The molecule has 4 N–H and O–H groups in total. The number of piperidine rings is 1. The molecule has 0 saturated carbocycles. The molecule has 1 saturated heterocycles. The number of carbonyl (C=O) groups is 3. The zero-order valence-electron chi connectivity index (χ0n) is 20.3. The Balaban J connectivity index is -0.00000160. The van der Waals surface area contributed by atoms with Crippen molar-refractivity contribution in [3.8, 4) is 11.8 Å². The van der Waals surface area contributed by atoms with Gasteiger partial charge in [0, 0.05) is 29.1 Å². The van der Waals surface area contributed by atoms with Gasteiger partial charge in [0.15, 0.2) is 0 Å². The summed E-state index contributed by atoms with van der Waals surface area (Å²) in [7, 11) is 0. The van der Waals surface area contributed by atoms with Gasteiger partial charge < -0.3 is 25.7 Å². The van der Waals surface area contributed by atoms with E-state index >= 15 is 0 Å². The first-order valence-corrected chi connectivity index (χ1v) is 11.5. The van der Waals surface area contributed by atoms with E-state index in [-0.39, 0.29) is 40.5 Å². The Morgan fingerprint density at radius 2 is 2.00 bits per heavy atom. The average Bonchev–Trinajstić information content (AvgIpc) is 3.23. The highest BCUT2D eigenvalue weighted by Crippen LogP contribution is 2.31. The van der Waals surface area contributed by atoms with Crippen molar-refractivity contribution >= 4 is 28.6 Å². The standard InChI is InChI=1S/C20H20F3N5O4.C4H10.4H2/c21-20(22,23)32-16-5-1-4-14-13(16)8-15(28-14)19(31)26-10-17(29)27-12(9-24)7-11-3-2-6-25-18(11)30;1-4(2)3;;;;/h1,4-5,8,11-12,28H,2-3,6-7,10H2,(H,25,30)(H,26,31)(H,27,29);4H,1-3H3;4*1H/t11-,12-;;;;;/m0...../s1. The van der Waals surface area contributed by atoms with Gasteiger partial charge in [-0.3, -0.25) is 14.4 Å². The van der Waals surface area contributed by atoms with Crippen molar-refractivity contribution in [2.45, 2.75) is 52.4 Å². The number of hydrogen-bond donors (Lipinski definition) is 4. The number of nitriles is 1. The molecule has 9 nitrogen and oxygen atoms in total. The maximum absolute atomic E-state index is 12.5. The Bertz CT molecular complexity index is 1120. The van der Waals surface area contributed by atoms with E-state index < -0.39 is 36.5 Å². The van der Waals surface area contributed by atoms with Gasteiger partial charge in [-0.05, 0) is 43.4 Å². The summed E-state index contributed by atoms with van der Waals surface area (Å²) in [5.74, 6) is -1.53. The number of ether oxygens (including phenoxy) is 1. The number of rotatable bonds is 7. The van der Waals surface area contributed by atoms with Gasteiger partial charge in [-0.25, -0.2) is 0 Å². The van der Waals surface area contributed by atoms with Crippen LogP contribution in [-0.4, -0.2) is 48.2 Å². The number of aromatic amines is 1. The van der Waals surface area contributed by atoms with Gasteiger partial charge in [0.2, 0.25) is 11.8 Å². The van der Waals surface area contributed by atoms with Crippen molar-refractivity contribution in [1.82, 2.24) is 20.9 Å². The first-order valence-electron chi connectivity index (χ1n) is 11.5. The molecular weight excluding hydrogens is 479 g/mol. The predicted molar refractivity (Wildman–Crippen MR) is 134 cm³/mol. The minimum absolute atomic E-state index is 0. The Morgan fingerprint density at radius 1 is 1.31 bits per heavy atom. The third-order valence-corrected chi connectivity index (χ3v) is 4.91. The first-order chi connectivity index (χ1) is 16.9. The van der Waals surface area contributed by atoms with Gasteiger partial charge in [-0.2, -0.15) is 5.26 Å². The van der Waals surface area contributed by atoms with Crippen LogP contribution >= 0.6 is 0 Å². The van der Waals surface area contributed by atoms with Crippen LogP contribution in [0.2, 0.25) is 0 Å². The number of hydrogen-bond acceptors (Lipinski definition) is 5. The SMILES string of the molecule is CC(C)C.N#C[C@H](C[C@@H]1CCCNC1=O)NC(=O)CNC(=O)c1cc2c(OC(F)(F)F)cccc2[nH]1.[HH].[HH].[HH].[HH]. The van der Waals surface area contributed by atoms with Gasteiger partial charge in [-0.1, -0.05) is 26.8 Å². The molecule has 0 bridgehead atoms. The van der Waals surface area contributed by atoms with Gasteiger partial charge in [0.1, 0.15) is 17.5 Å². The summed E-state index contributed by atoms with van der Waals surface area (Å²) in [6.45, 7) is 6.62. The van der Waals surface area contributed by atoms with E-state index in [0.717, 1.165) is 18.4 Å². The van der Waals surface area contributed by atoms with Crippen LogP contribution in [0.4, 0.5) is 13.2 Å². The first kappa shape index (κ1) is 28.5. The summed E-state index contributed by atoms with van der Waals surface area (Å²) < 4.78 is 41.6. The van der Waals surface area contributed by atoms with Crippen LogP contribution in [0.1, 0.15) is 56.2 Å². The lowest BCUT2D eigenvalue weighted by atomic mass is 9.92. The van der Waals surface area contributed by atoms with E-state index in [1.165, 1.54) is 18.2 Å². The molecule has 1 fully saturated rings. The number of fused-ring (bicyclic) bond motifs is 1. The number of carbonyl (C=O) groups excluding carboxylic acids is 3. The Morgan fingerprint density at radius 3 is 2.61 bits per heavy atom. The molecule has 2 heterocycles. The summed E-state index contributed by atoms with van der Waals surface area (Å²) in [5.41, 5.74) is 0.179. The Kier molecular flexibility index (Phi) is 10.1. The molecule has 0 aliphatic carbocycles. The number of amides is 3. The van der Waals surface area contributed by atoms with Crippen molar-refractivity contribution in [1.29, 1.82) is 5.26 Å². The van der Waals surface area contributed by atoms with Crippen LogP contribution in [0, 0.1) is 23.2 Å². The highest BCUT2D eigenvalue weighted by molar-refractivity contribution is 6.00. The molecule has 3 amide bonds. The Labute approximate surface area is 212 Å². The lowest BCUT2D eigenvalue weighted by Gasteiger charge is -2.23. The fourth-order valence-corrected chi connectivity index (χ4v) is 3.45. The molecule has 2 atom stereocenters. The summed E-state index contributed by atoms with van der Waals surface area (Å²) in [4.78, 5) is 38.9. The summed E-state index contributed by atoms with van der Waals surface area (Å²) in [5, 5.41) is 16.8. The number of nitrogens with zero attached hydrogens (tertiary/aromatic N) is 1. The third-order valence-electron chi connectivity index (χ3n) is 4.91. The van der Waals surface area contributed by atoms with Gasteiger partial charge >= 0.3 is 6.36 Å². The second-order valence-electron chi connectivity index (χ2n) is 8.98. The normalized spacial score (nSPS) is 16.3. The molecule has 0 radical (unpaired) electrons. The number of alkyl halides is 3. The number of nitrogens with one attached hydrogen (secondary N) is 4. The summed E-state index contributed by atoms with van der Waals surface area (Å²) in [6.07, 6.45) is -3.32. The van der Waals surface area contributed by atoms with E-state index in [0.29, 0.717) is 13.0 Å². The van der Waals surface area contributed by atoms with E-state index in [9.17, 15) is 32.8 Å². The zero-order valence-corrected chi connectivity index (χ0v) is 20.3. The van der Waals surface area contributed by atoms with E-state index in [4.69, 9.17) is 0 Å². The fraction of sp³-hybridized carbons (Fsp3) is 0.500. The van der Waals surface area contributed by atoms with Crippen LogP contribution in [0.5, 0.6) is 5.75 Å². The molecule has 0 unspecified atom stereocenters. The van der Waals surface area contributed by atoms with Crippen LogP contribution < -0.4 is 20.7 Å². The van der Waals surface area contributed by atoms with E-state index in [2.05, 4.69) is 46.4 Å². The monoisotopic (exact) mass is 517 g/mol. The quantitative estimate of drug-likeness (QED) is 0.432. The van der Waals surface area contributed by atoms with Gasteiger partial charge in [-0.15, -0.1) is 13.2 Å². The molecular formula is C24H38F3N5O4. The molecule has 1 aliphatic heterocycles. The minimum atomic E-state index is -4.89. The number of H-pyrrole nitrogens is 1. The predicted octanol–water partition coefficient (Wildman–Crippen LogP) is 4.37. The van der Waals surface area contributed by atoms with Crippen molar-refractivity contribution < 1.29 is 38.0 Å². The average molecular weight is 518 g/mol. The fourth-order valence-electron chi connectivity index (χ4n) is 3.45. The van der Waals surface area contributed by atoms with Crippen molar-refractivity contribution in [3.63, 3.8) is 0 Å². The summed E-state index contributed by atoms with van der Waals surface area (Å²) in [6, 6.07) is 6.14. The maximum atomic E-state index is 12.5. The van der Waals surface area contributed by atoms with Gasteiger partial charge in [0.25, 0.3) is 5.91 Å². The topological polar surface area (TPSA) is 136 Å². The Hall–Kier alpha value is -3.75. The van der Waals surface area contributed by atoms with Crippen LogP contribution in [0.25, 0.3) is 10.9 Å². The molecule has 1 aromatic carbocycles. The molecule has 12 heteroatoms. The molecule has 3 rings (SSSR count). The number of benzene rings is 1. The molecule has 1 aliphatic rings. The van der Waals surface area contributed by atoms with Crippen molar-refractivity contribution in [3.05, 3.63) is 30.0 Å². The second-order valence-corrected chi connectivity index (χ2v) is 8.98. The number of halogens is 3. The highest BCUT2D eigenvalue weighted by Gasteiger charge is 2.32. The van der Waals surface area contributed by atoms with Crippen LogP contribution in [-0.2, 0) is 9.59 Å². The second kappa shape index (κ2) is 12.8. The minimum Gasteiger partial charge on any atom is -0.405 e. The maximum Gasteiger partial charge on any atom is 0.573 e. The largest absolute Gasteiger partial charge is 0.573 e. The van der Waals surface area contributed by atoms with E-state index in [1.54, 1.807) is 0 Å². The highest BCUT2D eigenvalue weighted by atomic mass is 19.4. The van der Waals surface area contributed by atoms with Crippen molar-refractivity contribution in [2.24, 2.45) is 11.8 Å². The van der Waals surface area contributed by atoms with Crippen LogP contribution in [0.15, 0.2) is 24.3 Å². The molecule has 1 aromatic heterocycles. The lowest BCUT2D eigenvalue weighted by Crippen LogP contribution is -2.44. The molecule has 204 valence electrons. The van der Waals surface area contributed by atoms with E-state index in [1.807, 2.05) is 6.07 Å². The third kappa shape index (κ3) is 9.13. The molecule has 36 heavy (non-hydrogen) atoms. The lowest BCUT2D eigenvalue weighted by molar-refractivity contribution is -0.274. The number of aromatic nitrogens is 1. The van der Waals surface area contributed by atoms with Crippen molar-refractivity contribution in [2.75, 3.05) is 13.1 Å². The van der Waals surface area contributed by atoms with Crippen LogP contribution in [0.3, 0.4) is 0 Å². The molecule has 2 aromatic rings. The van der Waals surface area contributed by atoms with Gasteiger partial charge in [0.05, 0.1) is 12.6 Å². The zero-order chi connectivity index (χ0) is 26.9. The smallest absolute Gasteiger partial charge is 0.405 e. The summed E-state index contributed by atoms with van der Waals surface area (Å²) >= 11 is 0.